The molecule has 2 N–H and O–H groups in total. The topological polar surface area (TPSA) is 98.5 Å². The van der Waals surface area contributed by atoms with Crippen LogP contribution in [0.25, 0.3) is 27.8 Å². The maximum absolute atomic E-state index is 13.2. The van der Waals surface area contributed by atoms with Crippen molar-refractivity contribution in [3.63, 3.8) is 0 Å². The van der Waals surface area contributed by atoms with Gasteiger partial charge in [-0.15, -0.1) is 0 Å². The van der Waals surface area contributed by atoms with Crippen LogP contribution < -0.4 is 15.7 Å². The summed E-state index contributed by atoms with van der Waals surface area (Å²) in [6.45, 7) is 3.87. The molecule has 3 aromatic heterocycles. The van der Waals surface area contributed by atoms with Crippen LogP contribution in [0.15, 0.2) is 35.5 Å². The van der Waals surface area contributed by atoms with E-state index < -0.39 is 0 Å². The highest BCUT2D eigenvalue weighted by Gasteiger charge is 2.27. The minimum Gasteiger partial charge on any atom is -0.493 e. The lowest BCUT2D eigenvalue weighted by Gasteiger charge is -2.34. The number of benzene rings is 1. The fraction of sp³-hybridized carbons (Fsp3) is 0.519. The Morgan fingerprint density at radius 2 is 1.89 bits per heavy atom. The number of aromatic amines is 1. The highest BCUT2D eigenvalue weighted by Crippen LogP contribution is 2.35. The summed E-state index contributed by atoms with van der Waals surface area (Å²) >= 11 is 0. The summed E-state index contributed by atoms with van der Waals surface area (Å²) in [5, 5.41) is 8.15. The molecule has 0 atom stereocenters. The van der Waals surface area contributed by atoms with Crippen LogP contribution in [0.3, 0.4) is 0 Å². The maximum Gasteiger partial charge on any atom is 0.326 e. The van der Waals surface area contributed by atoms with Gasteiger partial charge in [-0.1, -0.05) is 6.92 Å². The molecule has 4 aromatic rings. The van der Waals surface area contributed by atoms with Crippen LogP contribution in [0.4, 0.5) is 0 Å². The Hall–Kier alpha value is -3.17. The van der Waals surface area contributed by atoms with Crippen molar-refractivity contribution in [2.75, 3.05) is 20.3 Å². The zero-order chi connectivity index (χ0) is 24.6. The number of nitrogens with one attached hydrogen (secondary N) is 2. The van der Waals surface area contributed by atoms with Gasteiger partial charge in [0.25, 0.3) is 0 Å². The van der Waals surface area contributed by atoms with E-state index in [9.17, 15) is 4.79 Å². The monoisotopic (exact) mass is 490 g/mol. The fourth-order valence-electron chi connectivity index (χ4n) is 6.03. The third-order valence-electron chi connectivity index (χ3n) is 7.95. The van der Waals surface area contributed by atoms with E-state index in [0.29, 0.717) is 23.5 Å². The number of methoxy groups -OCH3 is 1. The lowest BCUT2D eigenvalue weighted by Crippen LogP contribution is -2.43. The first-order chi connectivity index (χ1) is 17.6. The molecule has 0 radical (unpaired) electrons. The van der Waals surface area contributed by atoms with Gasteiger partial charge in [-0.05, 0) is 74.3 Å². The lowest BCUT2D eigenvalue weighted by atomic mass is 9.89. The standard InChI is InChI=1S/C27H34N6O3/c1-3-17-12-24-23(14-22(17)18-13-25(35-2)26-28-16-29-32(26)15-18)31-27(34)33(24)21-6-4-19(5-7-21)30-20-8-10-36-11-9-20/h12-16,19-21,30H,3-11H2,1-2H3,(H,31,34)/t19-,21+. The Morgan fingerprint density at radius 1 is 1.11 bits per heavy atom. The molecule has 1 aliphatic heterocycles. The van der Waals surface area contributed by atoms with E-state index in [4.69, 9.17) is 9.47 Å². The number of rotatable bonds is 6. The van der Waals surface area contributed by atoms with Crippen LogP contribution in [0.2, 0.25) is 0 Å². The first-order valence-electron chi connectivity index (χ1n) is 13.1. The first kappa shape index (κ1) is 23.2. The average molecular weight is 491 g/mol. The Bertz CT molecular complexity index is 1420. The molecule has 6 rings (SSSR count). The molecule has 0 spiro atoms. The molecule has 0 amide bonds. The smallest absolute Gasteiger partial charge is 0.326 e. The van der Waals surface area contributed by atoms with Gasteiger partial charge in [-0.2, -0.15) is 5.10 Å². The van der Waals surface area contributed by atoms with Crippen molar-refractivity contribution in [1.82, 2.24) is 29.5 Å². The van der Waals surface area contributed by atoms with Crippen LogP contribution >= 0.6 is 0 Å². The molecule has 1 aromatic carbocycles. The van der Waals surface area contributed by atoms with Crippen molar-refractivity contribution >= 4 is 16.7 Å². The molecule has 2 fully saturated rings. The Balaban J connectivity index is 1.29. The summed E-state index contributed by atoms with van der Waals surface area (Å²) < 4.78 is 14.8. The first-order valence-corrected chi connectivity index (χ1v) is 13.1. The van der Waals surface area contributed by atoms with Crippen molar-refractivity contribution in [3.8, 4) is 16.9 Å². The summed E-state index contributed by atoms with van der Waals surface area (Å²) in [6, 6.07) is 7.60. The third kappa shape index (κ3) is 4.20. The Kier molecular flexibility index (Phi) is 6.27. The molecular weight excluding hydrogens is 456 g/mol. The molecule has 1 saturated heterocycles. The maximum atomic E-state index is 13.2. The van der Waals surface area contributed by atoms with E-state index in [0.717, 1.165) is 80.3 Å². The second-order valence-electron chi connectivity index (χ2n) is 10.1. The van der Waals surface area contributed by atoms with Crippen molar-refractivity contribution in [2.24, 2.45) is 0 Å². The van der Waals surface area contributed by atoms with Gasteiger partial charge in [0.2, 0.25) is 0 Å². The van der Waals surface area contributed by atoms with Gasteiger partial charge in [0.05, 0.1) is 18.1 Å². The van der Waals surface area contributed by atoms with Crippen molar-refractivity contribution < 1.29 is 9.47 Å². The quantitative estimate of drug-likeness (QED) is 0.426. The van der Waals surface area contributed by atoms with Crippen LogP contribution in [0, 0.1) is 0 Å². The van der Waals surface area contributed by atoms with Crippen LogP contribution in [-0.4, -0.2) is 56.6 Å². The predicted octanol–water partition coefficient (Wildman–Crippen LogP) is 3.86. The highest BCUT2D eigenvalue weighted by molar-refractivity contribution is 5.85. The zero-order valence-electron chi connectivity index (χ0n) is 21.0. The molecule has 9 nitrogen and oxygen atoms in total. The largest absolute Gasteiger partial charge is 0.493 e. The fourth-order valence-corrected chi connectivity index (χ4v) is 6.03. The van der Waals surface area contributed by atoms with Crippen LogP contribution in [-0.2, 0) is 11.2 Å². The van der Waals surface area contributed by atoms with E-state index in [-0.39, 0.29) is 11.7 Å². The van der Waals surface area contributed by atoms with Gasteiger partial charge in [-0.3, -0.25) is 4.57 Å². The molecule has 1 aliphatic carbocycles. The van der Waals surface area contributed by atoms with Crippen molar-refractivity contribution in [3.05, 3.63) is 46.8 Å². The van der Waals surface area contributed by atoms with Gasteiger partial charge < -0.3 is 19.8 Å². The number of H-pyrrole nitrogens is 1. The Labute approximate surface area is 209 Å². The van der Waals surface area contributed by atoms with Gasteiger partial charge in [-0.25, -0.2) is 14.3 Å². The SMILES string of the molecule is CCc1cc2c(cc1-c1cc(OC)c3ncnn3c1)[nH]c(=O)n2[C@H]1CC[C@@H](NC2CCOCC2)CC1. The molecule has 9 heteroatoms. The Morgan fingerprint density at radius 3 is 2.64 bits per heavy atom. The van der Waals surface area contributed by atoms with E-state index in [2.05, 4.69) is 39.4 Å². The van der Waals surface area contributed by atoms with Crippen LogP contribution in [0.5, 0.6) is 5.75 Å². The second-order valence-corrected chi connectivity index (χ2v) is 10.1. The third-order valence-corrected chi connectivity index (χ3v) is 7.95. The van der Waals surface area contributed by atoms with Gasteiger partial charge in [0.15, 0.2) is 11.4 Å². The van der Waals surface area contributed by atoms with Crippen LogP contribution in [0.1, 0.15) is 57.1 Å². The molecule has 36 heavy (non-hydrogen) atoms. The molecule has 2 aliphatic rings. The number of hydrogen-bond donors (Lipinski definition) is 2. The number of nitrogens with zero attached hydrogens (tertiary/aromatic N) is 4. The summed E-state index contributed by atoms with van der Waals surface area (Å²) in [5.41, 5.74) is 5.76. The molecular formula is C27H34N6O3. The second kappa shape index (κ2) is 9.71. The number of hydrogen-bond acceptors (Lipinski definition) is 6. The summed E-state index contributed by atoms with van der Waals surface area (Å²) in [7, 11) is 1.64. The van der Waals surface area contributed by atoms with Gasteiger partial charge >= 0.3 is 5.69 Å². The van der Waals surface area contributed by atoms with E-state index in [1.807, 2.05) is 16.8 Å². The molecule has 0 bridgehead atoms. The highest BCUT2D eigenvalue weighted by atomic mass is 16.5. The van der Waals surface area contributed by atoms with E-state index in [1.54, 1.807) is 11.6 Å². The van der Waals surface area contributed by atoms with E-state index >= 15 is 0 Å². The van der Waals surface area contributed by atoms with E-state index in [1.165, 1.54) is 11.9 Å². The normalized spacial score (nSPS) is 21.4. The summed E-state index contributed by atoms with van der Waals surface area (Å²) in [5.74, 6) is 0.671. The van der Waals surface area contributed by atoms with Gasteiger partial charge in [0.1, 0.15) is 6.33 Å². The summed E-state index contributed by atoms with van der Waals surface area (Å²) in [6.07, 6.45) is 10.7. The number of pyridine rings is 1. The number of aromatic nitrogens is 5. The van der Waals surface area contributed by atoms with Crippen molar-refractivity contribution in [1.29, 1.82) is 0 Å². The molecule has 0 unspecified atom stereocenters. The molecule has 190 valence electrons. The summed E-state index contributed by atoms with van der Waals surface area (Å²) in [4.78, 5) is 20.6. The number of ether oxygens (including phenoxy) is 2. The number of imidazole rings is 1. The van der Waals surface area contributed by atoms with Crippen molar-refractivity contribution in [2.45, 2.75) is 70.0 Å². The number of aryl methyl sites for hydroxylation is 1. The predicted molar refractivity (Wildman–Crippen MR) is 139 cm³/mol. The average Bonchev–Trinajstić information content (AvgIpc) is 3.51. The minimum absolute atomic E-state index is 0.0191. The lowest BCUT2D eigenvalue weighted by molar-refractivity contribution is 0.0724. The zero-order valence-corrected chi connectivity index (χ0v) is 21.0. The minimum atomic E-state index is -0.0191. The van der Waals surface area contributed by atoms with Gasteiger partial charge in [0, 0.05) is 43.1 Å². The molecule has 1 saturated carbocycles. The molecule has 4 heterocycles. The number of fused-ring (bicyclic) bond motifs is 2.